The fourth-order valence-electron chi connectivity index (χ4n) is 3.68. The highest BCUT2D eigenvalue weighted by Gasteiger charge is 2.24. The lowest BCUT2D eigenvalue weighted by Crippen LogP contribution is -2.08. The quantitative estimate of drug-likeness (QED) is 0.196. The van der Waals surface area contributed by atoms with Gasteiger partial charge in [-0.1, -0.05) is 64.0 Å². The highest BCUT2D eigenvalue weighted by Crippen LogP contribution is 2.22. The van der Waals surface area contributed by atoms with Crippen molar-refractivity contribution in [2.75, 3.05) is 25.6 Å². The van der Waals surface area contributed by atoms with Gasteiger partial charge in [-0.25, -0.2) is 9.79 Å². The monoisotopic (exact) mass is 448 g/mol. The molecule has 0 amide bonds. The topological polar surface area (TPSA) is 51.1 Å². The Balaban J connectivity index is 1.47. The third kappa shape index (κ3) is 7.77. The Morgan fingerprint density at radius 3 is 2.15 bits per heavy atom. The van der Waals surface area contributed by atoms with Gasteiger partial charge in [0.15, 0.2) is 5.70 Å². The summed E-state index contributed by atoms with van der Waals surface area (Å²) < 4.78 is 11.2. The van der Waals surface area contributed by atoms with Crippen LogP contribution in [0.3, 0.4) is 0 Å². The molecule has 0 aliphatic carbocycles. The Morgan fingerprint density at radius 1 is 0.879 bits per heavy atom. The molecule has 3 rings (SSSR count). The van der Waals surface area contributed by atoms with Crippen molar-refractivity contribution in [1.29, 1.82) is 0 Å². The van der Waals surface area contributed by atoms with Gasteiger partial charge in [-0.3, -0.25) is 0 Å². The van der Waals surface area contributed by atoms with Gasteiger partial charge in [0.25, 0.3) is 0 Å². The average Bonchev–Trinajstić information content (AvgIpc) is 3.18. The second-order valence-electron chi connectivity index (χ2n) is 8.67. The number of cyclic esters (lactones) is 1. The van der Waals surface area contributed by atoms with Crippen LogP contribution in [0.4, 0.5) is 5.69 Å². The maximum Gasteiger partial charge on any atom is 0.363 e. The molecule has 0 saturated carbocycles. The molecule has 33 heavy (non-hydrogen) atoms. The van der Waals surface area contributed by atoms with Crippen molar-refractivity contribution < 1.29 is 14.3 Å². The average molecular weight is 449 g/mol. The van der Waals surface area contributed by atoms with E-state index in [1.807, 2.05) is 67.5 Å². The van der Waals surface area contributed by atoms with Gasteiger partial charge in [-0.05, 0) is 54.5 Å². The number of nitrogens with zero attached hydrogens (tertiary/aromatic N) is 2. The number of aliphatic imine (C=N–C) groups is 1. The van der Waals surface area contributed by atoms with E-state index >= 15 is 0 Å². The maximum atomic E-state index is 12.3. The van der Waals surface area contributed by atoms with Crippen LogP contribution >= 0.6 is 0 Å². The summed E-state index contributed by atoms with van der Waals surface area (Å²) in [5.41, 5.74) is 3.06. The minimum Gasteiger partial charge on any atom is -0.494 e. The number of ether oxygens (including phenoxy) is 2. The summed E-state index contributed by atoms with van der Waals surface area (Å²) in [6.45, 7) is 2.97. The summed E-state index contributed by atoms with van der Waals surface area (Å²) in [4.78, 5) is 18.7. The lowest BCUT2D eigenvalue weighted by atomic mass is 10.1. The summed E-state index contributed by atoms with van der Waals surface area (Å²) in [5, 5.41) is 0. The van der Waals surface area contributed by atoms with Crippen molar-refractivity contribution in [3.8, 4) is 5.75 Å². The van der Waals surface area contributed by atoms with Crippen molar-refractivity contribution >= 4 is 23.6 Å². The molecule has 0 spiro atoms. The molecule has 2 aromatic rings. The number of rotatable bonds is 13. The zero-order chi connectivity index (χ0) is 23.5. The SMILES string of the molecule is CCCCCCCCCCOc1ccc(C2=NC(=Cc3ccc(N(C)C)cc3)C(=O)O2)cc1. The Kier molecular flexibility index (Phi) is 9.55. The zero-order valence-electron chi connectivity index (χ0n) is 20.2. The zero-order valence-corrected chi connectivity index (χ0v) is 20.2. The molecule has 0 atom stereocenters. The minimum absolute atomic E-state index is 0.303. The molecule has 2 aromatic carbocycles. The number of unbranched alkanes of at least 4 members (excludes halogenated alkanes) is 7. The molecule has 176 valence electrons. The first-order valence-corrected chi connectivity index (χ1v) is 12.1. The van der Waals surface area contributed by atoms with Gasteiger partial charge in [-0.15, -0.1) is 0 Å². The predicted octanol–water partition coefficient (Wildman–Crippen LogP) is 6.62. The van der Waals surface area contributed by atoms with Crippen molar-refractivity contribution in [2.45, 2.75) is 58.3 Å². The lowest BCUT2D eigenvalue weighted by molar-refractivity contribution is -0.129. The maximum absolute atomic E-state index is 12.3. The van der Waals surface area contributed by atoms with Crippen LogP contribution in [-0.2, 0) is 9.53 Å². The van der Waals surface area contributed by atoms with Gasteiger partial charge in [0, 0.05) is 25.3 Å². The molecule has 5 heteroatoms. The summed E-state index contributed by atoms with van der Waals surface area (Å²) in [5.74, 6) is 0.714. The largest absolute Gasteiger partial charge is 0.494 e. The number of carbonyl (C=O) groups excluding carboxylic acids is 1. The first kappa shape index (κ1) is 24.6. The van der Waals surface area contributed by atoms with Gasteiger partial charge in [0.05, 0.1) is 6.61 Å². The van der Waals surface area contributed by atoms with Crippen LogP contribution in [0.2, 0.25) is 0 Å². The molecule has 0 saturated heterocycles. The highest BCUT2D eigenvalue weighted by atomic mass is 16.6. The summed E-state index contributed by atoms with van der Waals surface area (Å²) in [6.07, 6.45) is 12.0. The van der Waals surface area contributed by atoms with Crippen LogP contribution < -0.4 is 9.64 Å². The van der Waals surface area contributed by atoms with E-state index in [4.69, 9.17) is 9.47 Å². The summed E-state index contributed by atoms with van der Waals surface area (Å²) in [7, 11) is 3.98. The van der Waals surface area contributed by atoms with Gasteiger partial charge in [0.1, 0.15) is 5.75 Å². The van der Waals surface area contributed by atoms with Crippen molar-refractivity contribution in [2.24, 2.45) is 4.99 Å². The number of hydrogen-bond acceptors (Lipinski definition) is 5. The standard InChI is InChI=1S/C28H36N2O3/c1-4-5-6-7-8-9-10-11-20-32-25-18-14-23(15-19-25)27-29-26(28(31)33-27)21-22-12-16-24(17-13-22)30(2)3/h12-19,21H,4-11,20H2,1-3H3. The van der Waals surface area contributed by atoms with Gasteiger partial charge in [-0.2, -0.15) is 0 Å². The third-order valence-electron chi connectivity index (χ3n) is 5.70. The highest BCUT2D eigenvalue weighted by molar-refractivity contribution is 6.12. The molecule has 0 fully saturated rings. The molecule has 0 aromatic heterocycles. The molecule has 1 heterocycles. The molecule has 0 N–H and O–H groups in total. The van der Waals surface area contributed by atoms with Crippen LogP contribution in [0.5, 0.6) is 5.75 Å². The minimum atomic E-state index is -0.434. The van der Waals surface area contributed by atoms with Crippen LogP contribution in [0.15, 0.2) is 59.2 Å². The number of anilines is 1. The molecule has 1 aliphatic heterocycles. The smallest absolute Gasteiger partial charge is 0.363 e. The Morgan fingerprint density at radius 2 is 1.52 bits per heavy atom. The van der Waals surface area contributed by atoms with E-state index in [0.29, 0.717) is 11.6 Å². The Hall–Kier alpha value is -3.08. The Labute approximate surface area is 198 Å². The van der Waals surface area contributed by atoms with Gasteiger partial charge >= 0.3 is 5.97 Å². The fraction of sp³-hybridized carbons (Fsp3) is 0.429. The third-order valence-corrected chi connectivity index (χ3v) is 5.70. The first-order valence-electron chi connectivity index (χ1n) is 12.1. The number of carbonyl (C=O) groups is 1. The second-order valence-corrected chi connectivity index (χ2v) is 8.67. The van der Waals surface area contributed by atoms with Crippen LogP contribution in [-0.4, -0.2) is 32.6 Å². The number of benzene rings is 2. The molecule has 0 unspecified atom stereocenters. The van der Waals surface area contributed by atoms with Gasteiger partial charge < -0.3 is 14.4 Å². The van der Waals surface area contributed by atoms with Crippen molar-refractivity contribution in [3.63, 3.8) is 0 Å². The summed E-state index contributed by atoms with van der Waals surface area (Å²) >= 11 is 0. The van der Waals surface area contributed by atoms with E-state index in [1.54, 1.807) is 6.08 Å². The molecular formula is C28H36N2O3. The number of esters is 1. The first-order chi connectivity index (χ1) is 16.1. The predicted molar refractivity (Wildman–Crippen MR) is 136 cm³/mol. The van der Waals surface area contributed by atoms with Crippen LogP contribution in [0.1, 0.15) is 69.4 Å². The van der Waals surface area contributed by atoms with E-state index in [2.05, 4.69) is 11.9 Å². The molecule has 1 aliphatic rings. The van der Waals surface area contributed by atoms with E-state index < -0.39 is 5.97 Å². The molecule has 0 bridgehead atoms. The molecule has 0 radical (unpaired) electrons. The van der Waals surface area contributed by atoms with Crippen molar-refractivity contribution in [3.05, 3.63) is 65.4 Å². The normalized spacial score (nSPS) is 14.3. The van der Waals surface area contributed by atoms with Crippen LogP contribution in [0.25, 0.3) is 6.08 Å². The van der Waals surface area contributed by atoms with E-state index in [-0.39, 0.29) is 0 Å². The number of hydrogen-bond donors (Lipinski definition) is 0. The van der Waals surface area contributed by atoms with E-state index in [9.17, 15) is 4.79 Å². The Bertz CT molecular complexity index is 944. The molecular weight excluding hydrogens is 412 g/mol. The van der Waals surface area contributed by atoms with E-state index in [0.717, 1.165) is 35.6 Å². The van der Waals surface area contributed by atoms with Gasteiger partial charge in [0.2, 0.25) is 5.90 Å². The summed E-state index contributed by atoms with van der Waals surface area (Å²) in [6, 6.07) is 15.5. The molecule has 5 nitrogen and oxygen atoms in total. The fourth-order valence-corrected chi connectivity index (χ4v) is 3.68. The van der Waals surface area contributed by atoms with Crippen LogP contribution in [0, 0.1) is 0 Å². The van der Waals surface area contributed by atoms with Crippen molar-refractivity contribution in [1.82, 2.24) is 0 Å². The van der Waals surface area contributed by atoms with E-state index in [1.165, 1.54) is 44.9 Å². The lowest BCUT2D eigenvalue weighted by Gasteiger charge is -2.11. The second kappa shape index (κ2) is 12.8.